The Bertz CT molecular complexity index is 84.6. The second-order valence-corrected chi connectivity index (χ2v) is 1.71. The van der Waals surface area contributed by atoms with Crippen LogP contribution in [0, 0.1) is 0 Å². The van der Waals surface area contributed by atoms with Gasteiger partial charge in [0, 0.05) is 0 Å². The van der Waals surface area contributed by atoms with Gasteiger partial charge in [-0.2, -0.15) is 0 Å². The Kier molecular flexibility index (Phi) is 6.98. The zero-order chi connectivity index (χ0) is 6.95. The number of allylic oxidation sites excluding steroid dienone is 1. The highest BCUT2D eigenvalue weighted by molar-refractivity contribution is 4.80. The Labute approximate surface area is 57.0 Å². The van der Waals surface area contributed by atoms with E-state index in [4.69, 9.17) is 4.74 Å². The van der Waals surface area contributed by atoms with E-state index >= 15 is 0 Å². The second kappa shape index (κ2) is 7.44. The second-order valence-electron chi connectivity index (χ2n) is 1.71. The van der Waals surface area contributed by atoms with E-state index in [1.807, 2.05) is 6.08 Å². The molecule has 9 heavy (non-hydrogen) atoms. The van der Waals surface area contributed by atoms with Crippen molar-refractivity contribution in [1.29, 1.82) is 0 Å². The van der Waals surface area contributed by atoms with Crippen LogP contribution >= 0.6 is 0 Å². The van der Waals surface area contributed by atoms with E-state index in [2.05, 4.69) is 19.6 Å². The SMILES string of the molecule is C=CCOC/C=C\CC. The molecule has 52 valence electrons. The van der Waals surface area contributed by atoms with Crippen molar-refractivity contribution in [3.8, 4) is 0 Å². The van der Waals surface area contributed by atoms with Crippen LogP contribution in [-0.4, -0.2) is 13.2 Å². The summed E-state index contributed by atoms with van der Waals surface area (Å²) >= 11 is 0. The van der Waals surface area contributed by atoms with Crippen molar-refractivity contribution < 1.29 is 4.74 Å². The number of hydrogen-bond donors (Lipinski definition) is 0. The molecule has 0 radical (unpaired) electrons. The van der Waals surface area contributed by atoms with Crippen LogP contribution in [0.15, 0.2) is 24.8 Å². The molecule has 0 spiro atoms. The zero-order valence-electron chi connectivity index (χ0n) is 5.97. The maximum atomic E-state index is 5.08. The van der Waals surface area contributed by atoms with Gasteiger partial charge in [0.25, 0.3) is 0 Å². The van der Waals surface area contributed by atoms with Gasteiger partial charge in [-0.05, 0) is 6.42 Å². The Morgan fingerprint density at radius 3 is 2.67 bits per heavy atom. The molecule has 0 unspecified atom stereocenters. The van der Waals surface area contributed by atoms with E-state index in [9.17, 15) is 0 Å². The summed E-state index contributed by atoms with van der Waals surface area (Å²) in [5.41, 5.74) is 0. The molecule has 0 bridgehead atoms. The third kappa shape index (κ3) is 7.44. The molecule has 0 saturated carbocycles. The highest BCUT2D eigenvalue weighted by Crippen LogP contribution is 1.81. The van der Waals surface area contributed by atoms with Gasteiger partial charge in [-0.25, -0.2) is 0 Å². The van der Waals surface area contributed by atoms with Gasteiger partial charge in [0.1, 0.15) is 0 Å². The number of ether oxygens (including phenoxy) is 1. The van der Waals surface area contributed by atoms with Crippen molar-refractivity contribution in [3.05, 3.63) is 24.8 Å². The van der Waals surface area contributed by atoms with Crippen LogP contribution in [0.4, 0.5) is 0 Å². The first kappa shape index (κ1) is 8.44. The first-order valence-electron chi connectivity index (χ1n) is 3.25. The molecule has 0 N–H and O–H groups in total. The number of rotatable bonds is 5. The summed E-state index contributed by atoms with van der Waals surface area (Å²) in [6.45, 7) is 6.99. The third-order valence-corrected chi connectivity index (χ3v) is 0.852. The smallest absolute Gasteiger partial charge is 0.0651 e. The van der Waals surface area contributed by atoms with Crippen molar-refractivity contribution >= 4 is 0 Å². The minimum atomic E-state index is 0.647. The van der Waals surface area contributed by atoms with E-state index < -0.39 is 0 Å². The maximum Gasteiger partial charge on any atom is 0.0651 e. The summed E-state index contributed by atoms with van der Waals surface area (Å²) in [6.07, 6.45) is 6.93. The van der Waals surface area contributed by atoms with Crippen LogP contribution in [0.5, 0.6) is 0 Å². The van der Waals surface area contributed by atoms with Crippen LogP contribution in [0.2, 0.25) is 0 Å². The van der Waals surface area contributed by atoms with Gasteiger partial charge in [-0.1, -0.05) is 25.2 Å². The average molecular weight is 126 g/mol. The Morgan fingerprint density at radius 1 is 1.33 bits per heavy atom. The average Bonchev–Trinajstić information content (AvgIpc) is 1.89. The molecule has 0 rings (SSSR count). The Balaban J connectivity index is 2.90. The zero-order valence-corrected chi connectivity index (χ0v) is 5.97. The van der Waals surface area contributed by atoms with Crippen molar-refractivity contribution in [3.63, 3.8) is 0 Å². The van der Waals surface area contributed by atoms with Crippen molar-refractivity contribution in [2.24, 2.45) is 0 Å². The van der Waals surface area contributed by atoms with Crippen LogP contribution in [0.1, 0.15) is 13.3 Å². The van der Waals surface area contributed by atoms with Gasteiger partial charge in [-0.15, -0.1) is 6.58 Å². The topological polar surface area (TPSA) is 9.23 Å². The lowest BCUT2D eigenvalue weighted by Crippen LogP contribution is -1.88. The monoisotopic (exact) mass is 126 g/mol. The Morgan fingerprint density at radius 2 is 2.11 bits per heavy atom. The van der Waals surface area contributed by atoms with Gasteiger partial charge in [-0.3, -0.25) is 0 Å². The fourth-order valence-electron chi connectivity index (χ4n) is 0.454. The quantitative estimate of drug-likeness (QED) is 0.405. The van der Waals surface area contributed by atoms with Gasteiger partial charge < -0.3 is 4.74 Å². The predicted octanol–water partition coefficient (Wildman–Crippen LogP) is 2.16. The van der Waals surface area contributed by atoms with Crippen LogP contribution in [0.3, 0.4) is 0 Å². The van der Waals surface area contributed by atoms with Gasteiger partial charge in [0.05, 0.1) is 13.2 Å². The lowest BCUT2D eigenvalue weighted by molar-refractivity contribution is 0.194. The van der Waals surface area contributed by atoms with Crippen molar-refractivity contribution in [1.82, 2.24) is 0 Å². The molecule has 1 heteroatoms. The summed E-state index contributed by atoms with van der Waals surface area (Å²) in [7, 11) is 0. The third-order valence-electron chi connectivity index (χ3n) is 0.852. The van der Waals surface area contributed by atoms with Crippen LogP contribution in [-0.2, 0) is 4.74 Å². The molecule has 0 saturated heterocycles. The van der Waals surface area contributed by atoms with E-state index in [0.717, 1.165) is 6.42 Å². The standard InChI is InChI=1S/C8H14O/c1-3-5-6-8-9-7-4-2/h4-6H,2-3,7-8H2,1H3/b6-5-. The van der Waals surface area contributed by atoms with E-state index in [-0.39, 0.29) is 0 Å². The summed E-state index contributed by atoms with van der Waals surface area (Å²) in [5, 5.41) is 0. The molecule has 0 aromatic carbocycles. The fraction of sp³-hybridized carbons (Fsp3) is 0.500. The van der Waals surface area contributed by atoms with Crippen LogP contribution < -0.4 is 0 Å². The highest BCUT2D eigenvalue weighted by Gasteiger charge is 1.74. The first-order valence-corrected chi connectivity index (χ1v) is 3.25. The van der Waals surface area contributed by atoms with Crippen LogP contribution in [0.25, 0.3) is 0 Å². The lowest BCUT2D eigenvalue weighted by Gasteiger charge is -1.91. The summed E-state index contributed by atoms with van der Waals surface area (Å²) in [5.74, 6) is 0. The largest absolute Gasteiger partial charge is 0.373 e. The summed E-state index contributed by atoms with van der Waals surface area (Å²) in [4.78, 5) is 0. The predicted molar refractivity (Wildman–Crippen MR) is 40.4 cm³/mol. The minimum absolute atomic E-state index is 0.647. The molecule has 0 aromatic rings. The lowest BCUT2D eigenvalue weighted by atomic mass is 10.4. The molecular weight excluding hydrogens is 112 g/mol. The van der Waals surface area contributed by atoms with E-state index in [1.54, 1.807) is 6.08 Å². The van der Waals surface area contributed by atoms with Gasteiger partial charge >= 0.3 is 0 Å². The molecule has 0 heterocycles. The summed E-state index contributed by atoms with van der Waals surface area (Å²) < 4.78 is 5.08. The molecule has 0 aromatic heterocycles. The molecule has 0 aliphatic carbocycles. The fourth-order valence-corrected chi connectivity index (χ4v) is 0.454. The minimum Gasteiger partial charge on any atom is -0.373 e. The van der Waals surface area contributed by atoms with Crippen molar-refractivity contribution in [2.45, 2.75) is 13.3 Å². The van der Waals surface area contributed by atoms with E-state index in [1.165, 1.54) is 0 Å². The molecule has 0 fully saturated rings. The molecule has 0 amide bonds. The maximum absolute atomic E-state index is 5.08. The molecule has 1 nitrogen and oxygen atoms in total. The van der Waals surface area contributed by atoms with E-state index in [0.29, 0.717) is 13.2 Å². The molecular formula is C8H14O. The first-order chi connectivity index (χ1) is 4.41. The number of hydrogen-bond acceptors (Lipinski definition) is 1. The molecule has 0 atom stereocenters. The molecule has 0 aliphatic heterocycles. The molecule has 0 aliphatic rings. The van der Waals surface area contributed by atoms with Crippen molar-refractivity contribution in [2.75, 3.05) is 13.2 Å². The summed E-state index contributed by atoms with van der Waals surface area (Å²) in [6, 6.07) is 0. The van der Waals surface area contributed by atoms with Gasteiger partial charge in [0.15, 0.2) is 0 Å². The highest BCUT2D eigenvalue weighted by atomic mass is 16.5. The van der Waals surface area contributed by atoms with Gasteiger partial charge in [0.2, 0.25) is 0 Å². The Hall–Kier alpha value is -0.560. The normalized spacial score (nSPS) is 10.3.